The Kier molecular flexibility index (Phi) is 4.75. The van der Waals surface area contributed by atoms with Crippen molar-refractivity contribution in [1.29, 1.82) is 0 Å². The highest BCUT2D eigenvalue weighted by Crippen LogP contribution is 2.50. The number of nitrogens with zero attached hydrogens (tertiary/aromatic N) is 2. The number of hydrogen-bond acceptors (Lipinski definition) is 4. The second-order valence-electron chi connectivity index (χ2n) is 5.36. The molecule has 0 radical (unpaired) electrons. The molecule has 1 saturated carbocycles. The molecule has 0 aromatic carbocycles. The van der Waals surface area contributed by atoms with Gasteiger partial charge in [0, 0.05) is 12.4 Å². The van der Waals surface area contributed by atoms with E-state index in [1.165, 1.54) is 32.1 Å². The lowest BCUT2D eigenvalue weighted by Gasteiger charge is -2.37. The van der Waals surface area contributed by atoms with Crippen LogP contribution in [-0.2, 0) is 0 Å². The van der Waals surface area contributed by atoms with E-state index in [-0.39, 0.29) is 6.04 Å². The van der Waals surface area contributed by atoms with Gasteiger partial charge in [-0.05, 0) is 31.2 Å². The van der Waals surface area contributed by atoms with Gasteiger partial charge >= 0.3 is 0 Å². The third kappa shape index (κ3) is 2.73. The standard InChI is InChI=1S/C15H25N3O/c1-4-15(8-6-7-9-15)13(16-5-2)12-14(19-3)18-11-10-17-12/h10-11,13,16H,4-9H2,1-3H3. The van der Waals surface area contributed by atoms with Crippen molar-refractivity contribution < 1.29 is 4.74 Å². The molecule has 1 fully saturated rings. The fraction of sp³-hybridized carbons (Fsp3) is 0.733. The van der Waals surface area contributed by atoms with Gasteiger partial charge < -0.3 is 10.1 Å². The summed E-state index contributed by atoms with van der Waals surface area (Å²) in [5, 5.41) is 3.62. The molecule has 0 bridgehead atoms. The summed E-state index contributed by atoms with van der Waals surface area (Å²) in [6.45, 7) is 5.37. The largest absolute Gasteiger partial charge is 0.480 e. The summed E-state index contributed by atoms with van der Waals surface area (Å²) in [5.41, 5.74) is 1.27. The lowest BCUT2D eigenvalue weighted by Crippen LogP contribution is -2.37. The average Bonchev–Trinajstić information content (AvgIpc) is 2.94. The Morgan fingerprint density at radius 3 is 2.53 bits per heavy atom. The Morgan fingerprint density at radius 1 is 1.26 bits per heavy atom. The second kappa shape index (κ2) is 6.33. The molecule has 0 aliphatic heterocycles. The highest BCUT2D eigenvalue weighted by molar-refractivity contribution is 5.24. The summed E-state index contributed by atoms with van der Waals surface area (Å²) in [7, 11) is 1.67. The first-order chi connectivity index (χ1) is 9.27. The van der Waals surface area contributed by atoms with Crippen LogP contribution in [-0.4, -0.2) is 23.6 Å². The van der Waals surface area contributed by atoms with E-state index in [0.29, 0.717) is 11.3 Å². The molecule has 106 valence electrons. The normalized spacial score (nSPS) is 19.3. The van der Waals surface area contributed by atoms with Crippen molar-refractivity contribution in [3.05, 3.63) is 18.1 Å². The molecule has 4 nitrogen and oxygen atoms in total. The van der Waals surface area contributed by atoms with Crippen molar-refractivity contribution in [3.8, 4) is 5.88 Å². The monoisotopic (exact) mass is 263 g/mol. The summed E-state index contributed by atoms with van der Waals surface area (Å²) < 4.78 is 5.41. The lowest BCUT2D eigenvalue weighted by molar-refractivity contribution is 0.180. The summed E-state index contributed by atoms with van der Waals surface area (Å²) >= 11 is 0. The lowest BCUT2D eigenvalue weighted by atomic mass is 9.74. The van der Waals surface area contributed by atoms with Gasteiger partial charge in [0.15, 0.2) is 0 Å². The van der Waals surface area contributed by atoms with Crippen molar-refractivity contribution >= 4 is 0 Å². The maximum atomic E-state index is 5.41. The highest BCUT2D eigenvalue weighted by atomic mass is 16.5. The molecule has 1 N–H and O–H groups in total. The topological polar surface area (TPSA) is 47.0 Å². The minimum Gasteiger partial charge on any atom is -0.480 e. The van der Waals surface area contributed by atoms with Crippen LogP contribution in [0.2, 0.25) is 0 Å². The molecule has 0 spiro atoms. The van der Waals surface area contributed by atoms with Gasteiger partial charge in [-0.2, -0.15) is 0 Å². The van der Waals surface area contributed by atoms with Gasteiger partial charge in [-0.1, -0.05) is 26.7 Å². The van der Waals surface area contributed by atoms with Gasteiger partial charge in [-0.25, -0.2) is 4.98 Å². The highest BCUT2D eigenvalue weighted by Gasteiger charge is 2.42. The molecule has 1 aromatic rings. The number of rotatable bonds is 6. The molecule has 1 aliphatic carbocycles. The van der Waals surface area contributed by atoms with E-state index >= 15 is 0 Å². The van der Waals surface area contributed by atoms with Crippen molar-refractivity contribution in [2.45, 2.75) is 52.0 Å². The van der Waals surface area contributed by atoms with E-state index in [1.54, 1.807) is 19.5 Å². The van der Waals surface area contributed by atoms with Crippen LogP contribution in [0.3, 0.4) is 0 Å². The fourth-order valence-corrected chi connectivity index (χ4v) is 3.42. The van der Waals surface area contributed by atoms with Gasteiger partial charge in [-0.3, -0.25) is 4.98 Å². The number of nitrogens with one attached hydrogen (secondary N) is 1. The first kappa shape index (κ1) is 14.3. The van der Waals surface area contributed by atoms with Gasteiger partial charge in [-0.15, -0.1) is 0 Å². The van der Waals surface area contributed by atoms with Gasteiger partial charge in [0.1, 0.15) is 5.69 Å². The predicted molar refractivity (Wildman–Crippen MR) is 76.2 cm³/mol. The summed E-state index contributed by atoms with van der Waals surface area (Å²) in [5.74, 6) is 0.660. The first-order valence-electron chi connectivity index (χ1n) is 7.35. The Balaban J connectivity index is 2.38. The van der Waals surface area contributed by atoms with Crippen molar-refractivity contribution in [2.24, 2.45) is 5.41 Å². The van der Waals surface area contributed by atoms with E-state index in [4.69, 9.17) is 4.74 Å². The smallest absolute Gasteiger partial charge is 0.237 e. The van der Waals surface area contributed by atoms with Crippen LogP contribution in [0.4, 0.5) is 0 Å². The molecule has 4 heteroatoms. The molecule has 1 heterocycles. The third-order valence-electron chi connectivity index (χ3n) is 4.48. The quantitative estimate of drug-likeness (QED) is 0.856. The van der Waals surface area contributed by atoms with Gasteiger partial charge in [0.25, 0.3) is 0 Å². The van der Waals surface area contributed by atoms with Crippen LogP contribution >= 0.6 is 0 Å². The maximum absolute atomic E-state index is 5.41. The van der Waals surface area contributed by atoms with E-state index in [2.05, 4.69) is 29.1 Å². The molecule has 1 aromatic heterocycles. The molecular weight excluding hydrogens is 238 g/mol. The predicted octanol–water partition coefficient (Wildman–Crippen LogP) is 3.11. The Bertz CT molecular complexity index is 402. The number of methoxy groups -OCH3 is 1. The zero-order chi connectivity index (χ0) is 13.7. The number of ether oxygens (including phenoxy) is 1. The SMILES string of the molecule is CCNC(c1nccnc1OC)C1(CC)CCCC1. The molecule has 1 atom stereocenters. The van der Waals surface area contributed by atoms with Crippen molar-refractivity contribution in [3.63, 3.8) is 0 Å². The summed E-state index contributed by atoms with van der Waals surface area (Å²) in [6.07, 6.45) is 9.79. The molecule has 1 unspecified atom stereocenters. The minimum absolute atomic E-state index is 0.244. The van der Waals surface area contributed by atoms with Crippen molar-refractivity contribution in [1.82, 2.24) is 15.3 Å². The first-order valence-corrected chi connectivity index (χ1v) is 7.35. The molecule has 1 aliphatic rings. The summed E-state index contributed by atoms with van der Waals surface area (Å²) in [6, 6.07) is 0.244. The molecule has 0 amide bonds. The third-order valence-corrected chi connectivity index (χ3v) is 4.48. The Labute approximate surface area is 116 Å². The van der Waals surface area contributed by atoms with Crippen LogP contribution in [0, 0.1) is 5.41 Å². The van der Waals surface area contributed by atoms with Crippen molar-refractivity contribution in [2.75, 3.05) is 13.7 Å². The molecular formula is C15H25N3O. The van der Waals surface area contributed by atoms with Crippen LogP contribution in [0.15, 0.2) is 12.4 Å². The van der Waals surface area contributed by atoms with Crippen LogP contribution in [0.1, 0.15) is 57.7 Å². The van der Waals surface area contributed by atoms with E-state index < -0.39 is 0 Å². The van der Waals surface area contributed by atoms with Gasteiger partial charge in [0.2, 0.25) is 5.88 Å². The zero-order valence-electron chi connectivity index (χ0n) is 12.3. The summed E-state index contributed by atoms with van der Waals surface area (Å²) in [4.78, 5) is 8.87. The molecule has 2 rings (SSSR count). The molecule has 19 heavy (non-hydrogen) atoms. The zero-order valence-corrected chi connectivity index (χ0v) is 12.3. The average molecular weight is 263 g/mol. The van der Waals surface area contributed by atoms with E-state index in [9.17, 15) is 0 Å². The van der Waals surface area contributed by atoms with Gasteiger partial charge in [0.05, 0.1) is 13.2 Å². The maximum Gasteiger partial charge on any atom is 0.237 e. The Morgan fingerprint density at radius 2 is 1.95 bits per heavy atom. The number of aromatic nitrogens is 2. The minimum atomic E-state index is 0.244. The van der Waals surface area contributed by atoms with E-state index in [1.807, 2.05) is 0 Å². The second-order valence-corrected chi connectivity index (χ2v) is 5.36. The van der Waals surface area contributed by atoms with Crippen LogP contribution in [0.25, 0.3) is 0 Å². The van der Waals surface area contributed by atoms with E-state index in [0.717, 1.165) is 12.2 Å². The van der Waals surface area contributed by atoms with Crippen LogP contribution in [0.5, 0.6) is 5.88 Å². The number of hydrogen-bond donors (Lipinski definition) is 1. The van der Waals surface area contributed by atoms with Crippen LogP contribution < -0.4 is 10.1 Å². The fourth-order valence-electron chi connectivity index (χ4n) is 3.42. The Hall–Kier alpha value is -1.16. The molecule has 0 saturated heterocycles.